The smallest absolute Gasteiger partial charge is 0.119 e. The van der Waals surface area contributed by atoms with Gasteiger partial charge in [0.1, 0.15) is 5.75 Å². The van der Waals surface area contributed by atoms with Gasteiger partial charge in [-0.25, -0.2) is 0 Å². The third kappa shape index (κ3) is 3.23. The van der Waals surface area contributed by atoms with Gasteiger partial charge in [-0.05, 0) is 58.2 Å². The average molecular weight is 307 g/mol. The number of methoxy groups -OCH3 is 1. The second-order valence-corrected chi connectivity index (χ2v) is 4.96. The van der Waals surface area contributed by atoms with Crippen molar-refractivity contribution in [1.29, 1.82) is 0 Å². The van der Waals surface area contributed by atoms with Gasteiger partial charge in [0.25, 0.3) is 0 Å². The number of halogens is 1. The minimum atomic E-state index is 0.750. The molecule has 1 aromatic carbocycles. The first kappa shape index (κ1) is 12.9. The highest BCUT2D eigenvalue weighted by Gasteiger charge is 2.01. The molecule has 18 heavy (non-hydrogen) atoms. The van der Waals surface area contributed by atoms with Gasteiger partial charge in [0.2, 0.25) is 0 Å². The Morgan fingerprint density at radius 2 is 2.11 bits per heavy atom. The molecule has 2 aromatic rings. The third-order valence-corrected chi connectivity index (χ3v) is 3.11. The molecule has 94 valence electrons. The number of hydrogen-bond acceptors (Lipinski definition) is 3. The molecule has 0 aliphatic rings. The van der Waals surface area contributed by atoms with Gasteiger partial charge in [-0.3, -0.25) is 4.98 Å². The van der Waals surface area contributed by atoms with Crippen molar-refractivity contribution in [3.63, 3.8) is 0 Å². The summed E-state index contributed by atoms with van der Waals surface area (Å²) in [4.78, 5) is 4.14. The van der Waals surface area contributed by atoms with Crippen LogP contribution >= 0.6 is 15.9 Å². The quantitative estimate of drug-likeness (QED) is 0.933. The number of anilines is 1. The lowest BCUT2D eigenvalue weighted by Crippen LogP contribution is -2.01. The lowest BCUT2D eigenvalue weighted by Gasteiger charge is -2.11. The van der Waals surface area contributed by atoms with E-state index < -0.39 is 0 Å². The molecular formula is C14H15BrN2O. The topological polar surface area (TPSA) is 34.1 Å². The molecule has 0 atom stereocenters. The van der Waals surface area contributed by atoms with E-state index in [4.69, 9.17) is 4.74 Å². The van der Waals surface area contributed by atoms with E-state index in [2.05, 4.69) is 39.2 Å². The molecule has 3 nitrogen and oxygen atoms in total. The van der Waals surface area contributed by atoms with Gasteiger partial charge in [-0.2, -0.15) is 0 Å². The second kappa shape index (κ2) is 5.87. The van der Waals surface area contributed by atoms with Gasteiger partial charge in [-0.15, -0.1) is 0 Å². The highest BCUT2D eigenvalue weighted by Crippen LogP contribution is 2.21. The first-order valence-electron chi connectivity index (χ1n) is 5.67. The van der Waals surface area contributed by atoms with Crippen LogP contribution in [0.25, 0.3) is 0 Å². The van der Waals surface area contributed by atoms with E-state index in [1.807, 2.05) is 24.4 Å². The normalized spacial score (nSPS) is 10.2. The first-order valence-corrected chi connectivity index (χ1v) is 6.46. The molecule has 0 unspecified atom stereocenters. The van der Waals surface area contributed by atoms with E-state index in [1.54, 1.807) is 13.3 Å². The summed E-state index contributed by atoms with van der Waals surface area (Å²) in [5.41, 5.74) is 3.41. The van der Waals surface area contributed by atoms with Crippen LogP contribution in [0.5, 0.6) is 5.75 Å². The van der Waals surface area contributed by atoms with Gasteiger partial charge in [0.15, 0.2) is 0 Å². The lowest BCUT2D eigenvalue weighted by atomic mass is 10.2. The number of ether oxygens (including phenoxy) is 1. The van der Waals surface area contributed by atoms with Crippen molar-refractivity contribution in [2.75, 3.05) is 12.4 Å². The van der Waals surface area contributed by atoms with Gasteiger partial charge in [0.05, 0.1) is 7.11 Å². The number of nitrogens with zero attached hydrogens (tertiary/aromatic N) is 1. The summed E-state index contributed by atoms with van der Waals surface area (Å²) in [5, 5.41) is 3.39. The molecule has 0 fully saturated rings. The maximum Gasteiger partial charge on any atom is 0.119 e. The third-order valence-electron chi connectivity index (χ3n) is 2.68. The zero-order valence-corrected chi connectivity index (χ0v) is 12.0. The second-order valence-electron chi connectivity index (χ2n) is 4.05. The van der Waals surface area contributed by atoms with Crippen LogP contribution in [0.1, 0.15) is 11.1 Å². The monoisotopic (exact) mass is 306 g/mol. The van der Waals surface area contributed by atoms with Gasteiger partial charge in [0, 0.05) is 29.1 Å². The van der Waals surface area contributed by atoms with Crippen molar-refractivity contribution in [1.82, 2.24) is 4.98 Å². The number of benzene rings is 1. The van der Waals surface area contributed by atoms with Crippen molar-refractivity contribution >= 4 is 21.6 Å². The largest absolute Gasteiger partial charge is 0.497 e. The Balaban J connectivity index is 2.06. The van der Waals surface area contributed by atoms with E-state index in [9.17, 15) is 0 Å². The van der Waals surface area contributed by atoms with Crippen molar-refractivity contribution in [3.05, 3.63) is 52.3 Å². The Bertz CT molecular complexity index is 543. The Morgan fingerprint density at radius 1 is 1.28 bits per heavy atom. The standard InChI is InChI=1S/C14H15BrN2O/c1-10-5-13(18-2)3-4-14(10)17-8-11-6-12(15)9-16-7-11/h3-7,9,17H,8H2,1-2H3. The predicted octanol–water partition coefficient (Wildman–Crippen LogP) is 3.77. The van der Waals surface area contributed by atoms with Crippen LogP contribution in [0.4, 0.5) is 5.69 Å². The molecule has 0 spiro atoms. The summed E-state index contributed by atoms with van der Waals surface area (Å²) in [6.45, 7) is 2.81. The summed E-state index contributed by atoms with van der Waals surface area (Å²) in [6, 6.07) is 8.05. The molecular weight excluding hydrogens is 292 g/mol. The SMILES string of the molecule is COc1ccc(NCc2cncc(Br)c2)c(C)c1. The summed E-state index contributed by atoms with van der Waals surface area (Å²) < 4.78 is 6.18. The molecule has 2 rings (SSSR count). The van der Waals surface area contributed by atoms with Gasteiger partial charge < -0.3 is 10.1 Å². The first-order chi connectivity index (χ1) is 8.69. The number of aromatic nitrogens is 1. The minimum Gasteiger partial charge on any atom is -0.497 e. The van der Waals surface area contributed by atoms with Crippen molar-refractivity contribution < 1.29 is 4.74 Å². The van der Waals surface area contributed by atoms with Crippen molar-refractivity contribution in [2.24, 2.45) is 0 Å². The average Bonchev–Trinajstić information content (AvgIpc) is 2.37. The molecule has 0 saturated heterocycles. The van der Waals surface area contributed by atoms with E-state index in [0.29, 0.717) is 0 Å². The summed E-state index contributed by atoms with van der Waals surface area (Å²) in [7, 11) is 1.68. The molecule has 1 N–H and O–H groups in total. The number of hydrogen-bond donors (Lipinski definition) is 1. The Kier molecular flexibility index (Phi) is 4.20. The molecule has 0 bridgehead atoms. The number of rotatable bonds is 4. The Morgan fingerprint density at radius 3 is 2.78 bits per heavy atom. The van der Waals surface area contributed by atoms with Crippen LogP contribution in [0.3, 0.4) is 0 Å². The van der Waals surface area contributed by atoms with Crippen LogP contribution in [-0.2, 0) is 6.54 Å². The van der Waals surface area contributed by atoms with Crippen molar-refractivity contribution in [2.45, 2.75) is 13.5 Å². The fourth-order valence-electron chi connectivity index (χ4n) is 1.71. The van der Waals surface area contributed by atoms with Gasteiger partial charge in [-0.1, -0.05) is 0 Å². The van der Waals surface area contributed by atoms with Crippen LogP contribution in [0.2, 0.25) is 0 Å². The lowest BCUT2D eigenvalue weighted by molar-refractivity contribution is 0.414. The highest BCUT2D eigenvalue weighted by molar-refractivity contribution is 9.10. The Hall–Kier alpha value is -1.55. The molecule has 0 radical (unpaired) electrons. The zero-order valence-electron chi connectivity index (χ0n) is 10.4. The van der Waals surface area contributed by atoms with Crippen LogP contribution in [0, 0.1) is 6.92 Å². The van der Waals surface area contributed by atoms with Crippen LogP contribution < -0.4 is 10.1 Å². The van der Waals surface area contributed by atoms with E-state index in [-0.39, 0.29) is 0 Å². The molecule has 1 heterocycles. The van der Waals surface area contributed by atoms with E-state index >= 15 is 0 Å². The molecule has 0 aliphatic heterocycles. The summed E-state index contributed by atoms with van der Waals surface area (Å²) in [6.07, 6.45) is 3.64. The van der Waals surface area contributed by atoms with Crippen LogP contribution in [0.15, 0.2) is 41.1 Å². The fraction of sp³-hybridized carbons (Fsp3) is 0.214. The molecule has 1 aromatic heterocycles. The fourth-order valence-corrected chi connectivity index (χ4v) is 2.12. The number of pyridine rings is 1. The Labute approximate surface area is 115 Å². The molecule has 0 aliphatic carbocycles. The number of nitrogens with one attached hydrogen (secondary N) is 1. The number of aryl methyl sites for hydroxylation is 1. The molecule has 0 saturated carbocycles. The minimum absolute atomic E-state index is 0.750. The molecule has 0 amide bonds. The summed E-state index contributed by atoms with van der Waals surface area (Å²) in [5.74, 6) is 0.877. The predicted molar refractivity (Wildman–Crippen MR) is 77.0 cm³/mol. The maximum absolute atomic E-state index is 5.18. The highest BCUT2D eigenvalue weighted by atomic mass is 79.9. The molecule has 4 heteroatoms. The van der Waals surface area contributed by atoms with E-state index in [0.717, 1.165) is 33.6 Å². The van der Waals surface area contributed by atoms with Crippen molar-refractivity contribution in [3.8, 4) is 5.75 Å². The summed E-state index contributed by atoms with van der Waals surface area (Å²) >= 11 is 3.41. The zero-order chi connectivity index (χ0) is 13.0. The maximum atomic E-state index is 5.18. The van der Waals surface area contributed by atoms with Crippen LogP contribution in [-0.4, -0.2) is 12.1 Å². The van der Waals surface area contributed by atoms with Gasteiger partial charge >= 0.3 is 0 Å². The van der Waals surface area contributed by atoms with E-state index in [1.165, 1.54) is 0 Å².